The van der Waals surface area contributed by atoms with Crippen LogP contribution in [0.1, 0.15) is 49.4 Å². The van der Waals surface area contributed by atoms with Crippen molar-refractivity contribution in [2.75, 3.05) is 0 Å². The average molecular weight is 465 g/mol. The largest absolute Gasteiger partial charge is 0.444 e. The van der Waals surface area contributed by atoms with E-state index in [4.69, 9.17) is 9.15 Å². The molecule has 7 nitrogen and oxygen atoms in total. The van der Waals surface area contributed by atoms with E-state index >= 15 is 0 Å². The van der Waals surface area contributed by atoms with Crippen molar-refractivity contribution < 1.29 is 13.9 Å². The molecule has 0 bridgehead atoms. The number of alkyl carbamates (subject to hydrolysis) is 1. The SMILES string of the molecule is Cc1ccc(CSc2nnc([C@H](Cc3c[nH]c4ccccc34)NC(=O)OC(C)(C)C)o2)cc1. The highest BCUT2D eigenvalue weighted by Crippen LogP contribution is 2.27. The van der Waals surface area contributed by atoms with Crippen molar-refractivity contribution >= 4 is 28.8 Å². The number of aryl methyl sites for hydroxylation is 1. The van der Waals surface area contributed by atoms with Gasteiger partial charge in [0.25, 0.3) is 5.22 Å². The summed E-state index contributed by atoms with van der Waals surface area (Å²) in [5.74, 6) is 1.06. The second-order valence-electron chi connectivity index (χ2n) is 8.94. The van der Waals surface area contributed by atoms with Crippen LogP contribution in [0.5, 0.6) is 0 Å². The molecule has 8 heteroatoms. The van der Waals surface area contributed by atoms with Crippen molar-refractivity contribution in [3.8, 4) is 0 Å². The number of nitrogens with one attached hydrogen (secondary N) is 2. The van der Waals surface area contributed by atoms with Crippen molar-refractivity contribution in [3.63, 3.8) is 0 Å². The first kappa shape index (κ1) is 22.9. The number of H-pyrrole nitrogens is 1. The molecule has 1 amide bonds. The summed E-state index contributed by atoms with van der Waals surface area (Å²) in [6.07, 6.45) is 1.89. The zero-order valence-electron chi connectivity index (χ0n) is 19.2. The number of fused-ring (bicyclic) bond motifs is 1. The van der Waals surface area contributed by atoms with Gasteiger partial charge in [0, 0.05) is 29.3 Å². The molecule has 0 unspecified atom stereocenters. The van der Waals surface area contributed by atoms with E-state index in [-0.39, 0.29) is 0 Å². The second-order valence-corrected chi connectivity index (χ2v) is 9.87. The predicted octanol–water partition coefficient (Wildman–Crippen LogP) is 5.96. The Hall–Kier alpha value is -3.26. The molecule has 0 saturated heterocycles. The minimum absolute atomic E-state index is 0.345. The Morgan fingerprint density at radius 2 is 1.91 bits per heavy atom. The molecule has 0 fully saturated rings. The number of ether oxygens (including phenoxy) is 1. The zero-order chi connectivity index (χ0) is 23.4. The molecule has 0 aliphatic rings. The van der Waals surface area contributed by atoms with Gasteiger partial charge in [-0.2, -0.15) is 0 Å². The number of carbonyl (C=O) groups excluding carboxylic acids is 1. The third-order valence-corrected chi connectivity index (χ3v) is 5.88. The lowest BCUT2D eigenvalue weighted by Gasteiger charge is -2.22. The standard InChI is InChI=1S/C25H28N4O3S/c1-16-9-11-17(12-10-16)15-33-24-29-28-22(31-24)21(27-23(30)32-25(2,3)4)13-18-14-26-20-8-6-5-7-19(18)20/h5-12,14,21,26H,13,15H2,1-4H3,(H,27,30)/t21-/m0/s1. The lowest BCUT2D eigenvalue weighted by molar-refractivity contribution is 0.0494. The van der Waals surface area contributed by atoms with Crippen molar-refractivity contribution in [1.29, 1.82) is 0 Å². The number of thioether (sulfide) groups is 1. The van der Waals surface area contributed by atoms with E-state index in [1.807, 2.05) is 51.2 Å². The number of nitrogens with zero attached hydrogens (tertiary/aromatic N) is 2. The van der Waals surface area contributed by atoms with Crippen molar-refractivity contribution in [2.45, 2.75) is 56.7 Å². The summed E-state index contributed by atoms with van der Waals surface area (Å²) in [7, 11) is 0. The van der Waals surface area contributed by atoms with Gasteiger partial charge in [-0.25, -0.2) is 4.79 Å². The Balaban J connectivity index is 1.52. The van der Waals surface area contributed by atoms with E-state index in [9.17, 15) is 4.79 Å². The van der Waals surface area contributed by atoms with Crippen LogP contribution < -0.4 is 5.32 Å². The molecule has 2 aromatic heterocycles. The molecule has 33 heavy (non-hydrogen) atoms. The number of benzene rings is 2. The van der Waals surface area contributed by atoms with E-state index in [2.05, 4.69) is 51.7 Å². The van der Waals surface area contributed by atoms with E-state index in [1.54, 1.807) is 0 Å². The van der Waals surface area contributed by atoms with E-state index in [0.29, 0.717) is 23.3 Å². The number of amides is 1. The minimum Gasteiger partial charge on any atom is -0.444 e. The Bertz CT molecular complexity index is 1220. The first-order valence-electron chi connectivity index (χ1n) is 10.8. The van der Waals surface area contributed by atoms with Crippen molar-refractivity contribution in [2.24, 2.45) is 0 Å². The maximum atomic E-state index is 12.5. The van der Waals surface area contributed by atoms with Crippen LogP contribution in [-0.2, 0) is 16.9 Å². The van der Waals surface area contributed by atoms with E-state index in [1.165, 1.54) is 22.9 Å². The summed E-state index contributed by atoms with van der Waals surface area (Å²) in [6, 6.07) is 15.8. The summed E-state index contributed by atoms with van der Waals surface area (Å²) in [4.78, 5) is 15.8. The first-order valence-corrected chi connectivity index (χ1v) is 11.8. The van der Waals surface area contributed by atoms with Gasteiger partial charge in [0.2, 0.25) is 5.89 Å². The van der Waals surface area contributed by atoms with Crippen LogP contribution in [0.4, 0.5) is 4.79 Å². The smallest absolute Gasteiger partial charge is 0.408 e. The molecule has 2 heterocycles. The molecule has 2 N–H and O–H groups in total. The number of carbonyl (C=O) groups is 1. The number of hydrogen-bond acceptors (Lipinski definition) is 6. The fraction of sp³-hybridized carbons (Fsp3) is 0.320. The second kappa shape index (κ2) is 9.70. The normalized spacial score (nSPS) is 12.6. The van der Waals surface area contributed by atoms with Crippen LogP contribution in [0, 0.1) is 6.92 Å². The van der Waals surface area contributed by atoms with E-state index < -0.39 is 17.7 Å². The monoisotopic (exact) mass is 464 g/mol. The molecule has 0 aliphatic carbocycles. The third kappa shape index (κ3) is 6.16. The molecule has 172 valence electrons. The van der Waals surface area contributed by atoms with Crippen molar-refractivity contribution in [3.05, 3.63) is 77.3 Å². The highest BCUT2D eigenvalue weighted by atomic mass is 32.2. The highest BCUT2D eigenvalue weighted by molar-refractivity contribution is 7.98. The van der Waals surface area contributed by atoms with Crippen LogP contribution in [0.15, 0.2) is 64.4 Å². The molecule has 4 aromatic rings. The zero-order valence-corrected chi connectivity index (χ0v) is 20.0. The molecule has 1 atom stereocenters. The Morgan fingerprint density at radius 3 is 2.67 bits per heavy atom. The van der Waals surface area contributed by atoms with Gasteiger partial charge in [-0.3, -0.25) is 0 Å². The first-order chi connectivity index (χ1) is 15.8. The van der Waals surface area contributed by atoms with Crippen LogP contribution in [0.3, 0.4) is 0 Å². The summed E-state index contributed by atoms with van der Waals surface area (Å²) in [6.45, 7) is 7.54. The molecule has 4 rings (SSSR count). The Morgan fingerprint density at radius 1 is 1.15 bits per heavy atom. The quantitative estimate of drug-likeness (QED) is 0.328. The van der Waals surface area contributed by atoms with Crippen LogP contribution in [0.25, 0.3) is 10.9 Å². The Labute approximate surface area is 197 Å². The van der Waals surface area contributed by atoms with Crippen LogP contribution >= 0.6 is 11.8 Å². The summed E-state index contributed by atoms with van der Waals surface area (Å²) in [5.41, 5.74) is 3.85. The minimum atomic E-state index is -0.612. The van der Waals surface area contributed by atoms with Gasteiger partial charge in [0.15, 0.2) is 0 Å². The molecule has 0 aliphatic heterocycles. The van der Waals surface area contributed by atoms with E-state index in [0.717, 1.165) is 16.5 Å². The fourth-order valence-corrected chi connectivity index (χ4v) is 4.14. The Kier molecular flexibility index (Phi) is 6.74. The van der Waals surface area contributed by atoms with Crippen molar-refractivity contribution in [1.82, 2.24) is 20.5 Å². The maximum Gasteiger partial charge on any atom is 0.408 e. The summed E-state index contributed by atoms with van der Waals surface area (Å²) >= 11 is 1.47. The highest BCUT2D eigenvalue weighted by Gasteiger charge is 2.26. The maximum absolute atomic E-state index is 12.5. The van der Waals surface area contributed by atoms with Gasteiger partial charge in [0.05, 0.1) is 0 Å². The summed E-state index contributed by atoms with van der Waals surface area (Å²) in [5, 5.41) is 12.9. The average Bonchev–Trinajstić information content (AvgIpc) is 3.39. The topological polar surface area (TPSA) is 93.0 Å². The predicted molar refractivity (Wildman–Crippen MR) is 129 cm³/mol. The molecule has 0 saturated carbocycles. The van der Waals surface area contributed by atoms with Gasteiger partial charge < -0.3 is 19.5 Å². The third-order valence-electron chi connectivity index (χ3n) is 4.99. The summed E-state index contributed by atoms with van der Waals surface area (Å²) < 4.78 is 11.4. The van der Waals surface area contributed by atoms with Crippen LogP contribution in [-0.4, -0.2) is 26.9 Å². The van der Waals surface area contributed by atoms with Gasteiger partial charge in [-0.1, -0.05) is 59.8 Å². The molecular weight excluding hydrogens is 436 g/mol. The number of para-hydroxylation sites is 1. The fourth-order valence-electron chi connectivity index (χ4n) is 3.42. The number of aromatic nitrogens is 3. The number of hydrogen-bond donors (Lipinski definition) is 2. The van der Waals surface area contributed by atoms with Crippen LogP contribution in [0.2, 0.25) is 0 Å². The van der Waals surface area contributed by atoms with Gasteiger partial charge in [0.1, 0.15) is 11.6 Å². The van der Waals surface area contributed by atoms with Gasteiger partial charge in [-0.15, -0.1) is 10.2 Å². The number of aromatic amines is 1. The molecular formula is C25H28N4O3S. The lowest BCUT2D eigenvalue weighted by atomic mass is 10.1. The number of rotatable bonds is 7. The molecule has 0 spiro atoms. The molecule has 2 aromatic carbocycles. The van der Waals surface area contributed by atoms with Gasteiger partial charge >= 0.3 is 6.09 Å². The molecule has 0 radical (unpaired) electrons. The van der Waals surface area contributed by atoms with Gasteiger partial charge in [-0.05, 0) is 44.9 Å². The lowest BCUT2D eigenvalue weighted by Crippen LogP contribution is -2.36.